The molecule has 0 aliphatic carbocycles. The quantitative estimate of drug-likeness (QED) is 0.613. The number of nitrogens with zero attached hydrogens (tertiary/aromatic N) is 4. The summed E-state index contributed by atoms with van der Waals surface area (Å²) in [4.78, 5) is 21.2. The maximum Gasteiger partial charge on any atom is 0.290 e. The van der Waals surface area contributed by atoms with Gasteiger partial charge in [0.2, 0.25) is 0 Å². The Kier molecular flexibility index (Phi) is 4.15. The van der Waals surface area contributed by atoms with Gasteiger partial charge in [-0.05, 0) is 49.4 Å². The van der Waals surface area contributed by atoms with Crippen molar-refractivity contribution in [3.8, 4) is 11.3 Å². The highest BCUT2D eigenvalue weighted by atomic mass is 16.1. The van der Waals surface area contributed by atoms with Crippen molar-refractivity contribution in [3.05, 3.63) is 77.5 Å². The molecule has 3 heterocycles. The zero-order chi connectivity index (χ0) is 17.9. The van der Waals surface area contributed by atoms with E-state index < -0.39 is 0 Å². The summed E-state index contributed by atoms with van der Waals surface area (Å²) in [5.41, 5.74) is 3.56. The highest BCUT2D eigenvalue weighted by Crippen LogP contribution is 2.25. The van der Waals surface area contributed by atoms with Crippen LogP contribution in [0.4, 0.5) is 11.4 Å². The topological polar surface area (TPSA) is 72.7 Å². The molecule has 0 bridgehead atoms. The van der Waals surface area contributed by atoms with Gasteiger partial charge in [0.15, 0.2) is 0 Å². The molecule has 1 N–H and O–H groups in total. The molecule has 0 saturated heterocycles. The SMILES string of the molecule is CCn1nc(-c2cccnc2)cc(Nc2cccc3ncccc23)c1=O. The maximum absolute atomic E-state index is 12.7. The predicted molar refractivity (Wildman–Crippen MR) is 102 cm³/mol. The first-order valence-corrected chi connectivity index (χ1v) is 8.39. The Morgan fingerprint density at radius 1 is 1.04 bits per heavy atom. The minimum Gasteiger partial charge on any atom is -0.350 e. The molecular formula is C20H17N5O. The Morgan fingerprint density at radius 2 is 1.92 bits per heavy atom. The van der Waals surface area contributed by atoms with Crippen LogP contribution in [0.2, 0.25) is 0 Å². The van der Waals surface area contributed by atoms with Gasteiger partial charge < -0.3 is 5.32 Å². The average molecular weight is 343 g/mol. The van der Waals surface area contributed by atoms with Crippen molar-refractivity contribution in [1.82, 2.24) is 19.7 Å². The maximum atomic E-state index is 12.7. The fourth-order valence-corrected chi connectivity index (χ4v) is 2.86. The number of anilines is 2. The Balaban J connectivity index is 1.84. The molecule has 0 aliphatic rings. The lowest BCUT2D eigenvalue weighted by atomic mass is 10.1. The smallest absolute Gasteiger partial charge is 0.290 e. The standard InChI is InChI=1S/C20H17N5O/c1-2-25-20(26)19(12-18(24-25)14-6-4-10-21-13-14)23-17-9-3-8-16-15(17)7-5-11-22-16/h3-13,23H,2H2,1H3. The molecule has 0 amide bonds. The number of fused-ring (bicyclic) bond motifs is 1. The molecule has 0 atom stereocenters. The van der Waals surface area contributed by atoms with E-state index in [1.165, 1.54) is 4.68 Å². The van der Waals surface area contributed by atoms with Crippen molar-refractivity contribution in [2.75, 3.05) is 5.32 Å². The fraction of sp³-hybridized carbons (Fsp3) is 0.100. The van der Waals surface area contributed by atoms with E-state index in [1.54, 1.807) is 24.7 Å². The monoisotopic (exact) mass is 343 g/mol. The summed E-state index contributed by atoms with van der Waals surface area (Å²) in [6.07, 6.45) is 5.20. The molecule has 3 aromatic heterocycles. The van der Waals surface area contributed by atoms with Gasteiger partial charge in [0.1, 0.15) is 5.69 Å². The van der Waals surface area contributed by atoms with E-state index in [0.29, 0.717) is 17.9 Å². The van der Waals surface area contributed by atoms with Gasteiger partial charge in [-0.25, -0.2) is 4.68 Å². The summed E-state index contributed by atoms with van der Waals surface area (Å²) in [6.45, 7) is 2.38. The molecule has 1 aromatic carbocycles. The van der Waals surface area contributed by atoms with Gasteiger partial charge in [-0.3, -0.25) is 14.8 Å². The van der Waals surface area contributed by atoms with Crippen LogP contribution in [0.3, 0.4) is 0 Å². The molecule has 6 heteroatoms. The molecular weight excluding hydrogens is 326 g/mol. The minimum atomic E-state index is -0.166. The lowest BCUT2D eigenvalue weighted by molar-refractivity contribution is 0.621. The van der Waals surface area contributed by atoms with Crippen LogP contribution in [0.15, 0.2) is 71.9 Å². The first-order valence-electron chi connectivity index (χ1n) is 8.39. The Bertz CT molecular complexity index is 1120. The molecule has 26 heavy (non-hydrogen) atoms. The van der Waals surface area contributed by atoms with Gasteiger partial charge in [0.25, 0.3) is 5.56 Å². The zero-order valence-corrected chi connectivity index (χ0v) is 14.3. The van der Waals surface area contributed by atoms with Crippen molar-refractivity contribution in [2.45, 2.75) is 13.5 Å². The molecule has 4 aromatic rings. The Hall–Kier alpha value is -3.54. The number of hydrogen-bond donors (Lipinski definition) is 1. The van der Waals surface area contributed by atoms with Crippen LogP contribution in [-0.2, 0) is 6.54 Å². The molecule has 6 nitrogen and oxygen atoms in total. The number of hydrogen-bond acceptors (Lipinski definition) is 5. The summed E-state index contributed by atoms with van der Waals surface area (Å²) in [5, 5.41) is 8.66. The van der Waals surface area contributed by atoms with Gasteiger partial charge in [0, 0.05) is 41.8 Å². The van der Waals surface area contributed by atoms with Gasteiger partial charge in [-0.2, -0.15) is 5.10 Å². The number of pyridine rings is 2. The number of aryl methyl sites for hydroxylation is 1. The highest BCUT2D eigenvalue weighted by molar-refractivity contribution is 5.93. The van der Waals surface area contributed by atoms with Crippen molar-refractivity contribution in [1.29, 1.82) is 0 Å². The summed E-state index contributed by atoms with van der Waals surface area (Å²) < 4.78 is 1.45. The van der Waals surface area contributed by atoms with E-state index in [1.807, 2.05) is 49.4 Å². The normalized spacial score (nSPS) is 10.8. The van der Waals surface area contributed by atoms with E-state index in [0.717, 1.165) is 22.2 Å². The second-order valence-electron chi connectivity index (χ2n) is 5.81. The minimum absolute atomic E-state index is 0.166. The molecule has 0 aliphatic heterocycles. The summed E-state index contributed by atoms with van der Waals surface area (Å²) >= 11 is 0. The fourth-order valence-electron chi connectivity index (χ4n) is 2.86. The number of benzene rings is 1. The van der Waals surface area contributed by atoms with Crippen molar-refractivity contribution in [2.24, 2.45) is 0 Å². The lowest BCUT2D eigenvalue weighted by Crippen LogP contribution is -2.24. The second-order valence-corrected chi connectivity index (χ2v) is 5.81. The van der Waals surface area contributed by atoms with E-state index in [9.17, 15) is 4.79 Å². The van der Waals surface area contributed by atoms with Gasteiger partial charge in [0.05, 0.1) is 11.2 Å². The first-order chi connectivity index (χ1) is 12.8. The number of aromatic nitrogens is 4. The Morgan fingerprint density at radius 3 is 2.73 bits per heavy atom. The zero-order valence-electron chi connectivity index (χ0n) is 14.3. The van der Waals surface area contributed by atoms with Crippen LogP contribution in [0.5, 0.6) is 0 Å². The number of rotatable bonds is 4. The van der Waals surface area contributed by atoms with Crippen LogP contribution < -0.4 is 10.9 Å². The molecule has 128 valence electrons. The average Bonchev–Trinajstić information content (AvgIpc) is 2.70. The van der Waals surface area contributed by atoms with Crippen LogP contribution in [0.25, 0.3) is 22.2 Å². The molecule has 4 rings (SSSR count). The summed E-state index contributed by atoms with van der Waals surface area (Å²) in [5.74, 6) is 0. The van der Waals surface area contributed by atoms with Gasteiger partial charge >= 0.3 is 0 Å². The third kappa shape index (κ3) is 2.93. The van der Waals surface area contributed by atoms with E-state index in [4.69, 9.17) is 0 Å². The third-order valence-electron chi connectivity index (χ3n) is 4.15. The largest absolute Gasteiger partial charge is 0.350 e. The molecule has 0 saturated carbocycles. The predicted octanol–water partition coefficient (Wildman–Crippen LogP) is 3.62. The highest BCUT2D eigenvalue weighted by Gasteiger charge is 2.11. The molecule has 0 spiro atoms. The second kappa shape index (κ2) is 6.76. The van der Waals surface area contributed by atoms with Gasteiger partial charge in [-0.15, -0.1) is 0 Å². The van der Waals surface area contributed by atoms with E-state index in [2.05, 4.69) is 20.4 Å². The third-order valence-corrected chi connectivity index (χ3v) is 4.15. The van der Waals surface area contributed by atoms with E-state index >= 15 is 0 Å². The van der Waals surface area contributed by atoms with Gasteiger partial charge in [-0.1, -0.05) is 6.07 Å². The van der Waals surface area contributed by atoms with Crippen LogP contribution in [0.1, 0.15) is 6.92 Å². The molecule has 0 unspecified atom stereocenters. The van der Waals surface area contributed by atoms with E-state index in [-0.39, 0.29) is 5.56 Å². The van der Waals surface area contributed by atoms with Crippen LogP contribution in [-0.4, -0.2) is 19.7 Å². The Labute approximate surface area is 150 Å². The summed E-state index contributed by atoms with van der Waals surface area (Å²) in [7, 11) is 0. The lowest BCUT2D eigenvalue weighted by Gasteiger charge is -2.12. The molecule has 0 fully saturated rings. The van der Waals surface area contributed by atoms with Crippen molar-refractivity contribution in [3.63, 3.8) is 0 Å². The first kappa shape index (κ1) is 16.0. The van der Waals surface area contributed by atoms with Crippen LogP contribution >= 0.6 is 0 Å². The van der Waals surface area contributed by atoms with Crippen LogP contribution in [0, 0.1) is 0 Å². The van der Waals surface area contributed by atoms with Crippen molar-refractivity contribution >= 4 is 22.3 Å². The summed E-state index contributed by atoms with van der Waals surface area (Å²) in [6, 6.07) is 15.2. The van der Waals surface area contributed by atoms with Crippen molar-refractivity contribution < 1.29 is 0 Å². The molecule has 0 radical (unpaired) electrons. The number of nitrogens with one attached hydrogen (secondary N) is 1.